The van der Waals surface area contributed by atoms with Gasteiger partial charge in [-0.2, -0.15) is 0 Å². The Hall–Kier alpha value is -1.41. The van der Waals surface area contributed by atoms with Gasteiger partial charge in [-0.15, -0.1) is 11.6 Å². The van der Waals surface area contributed by atoms with Gasteiger partial charge in [-0.25, -0.2) is 8.78 Å². The summed E-state index contributed by atoms with van der Waals surface area (Å²) >= 11 is 6.13. The molecule has 0 fully saturated rings. The van der Waals surface area contributed by atoms with E-state index >= 15 is 0 Å². The second kappa shape index (κ2) is 4.62. The lowest BCUT2D eigenvalue weighted by Crippen LogP contribution is -1.97. The van der Waals surface area contributed by atoms with Crippen molar-refractivity contribution in [1.82, 2.24) is 0 Å². The second-order valence-electron chi connectivity index (χ2n) is 3.44. The van der Waals surface area contributed by atoms with Gasteiger partial charge in [0.2, 0.25) is 0 Å². The van der Waals surface area contributed by atoms with Crippen molar-refractivity contribution in [3.05, 3.63) is 71.3 Å². The lowest BCUT2D eigenvalue weighted by atomic mass is 10.0. The maximum atomic E-state index is 13.5. The van der Waals surface area contributed by atoms with Crippen LogP contribution in [0.15, 0.2) is 48.5 Å². The van der Waals surface area contributed by atoms with Crippen molar-refractivity contribution in [2.75, 3.05) is 0 Å². The molecule has 0 aliphatic carbocycles. The summed E-state index contributed by atoms with van der Waals surface area (Å²) in [5, 5.41) is -0.596. The SMILES string of the molecule is Fc1ccc(C(Cl)c2ccccc2)c(F)c1. The molecule has 0 spiro atoms. The van der Waals surface area contributed by atoms with E-state index in [1.165, 1.54) is 12.1 Å². The van der Waals surface area contributed by atoms with Crippen LogP contribution in [-0.2, 0) is 0 Å². The molecule has 0 heterocycles. The monoisotopic (exact) mass is 238 g/mol. The Kier molecular flexibility index (Phi) is 3.20. The minimum absolute atomic E-state index is 0.286. The molecule has 2 rings (SSSR count). The molecule has 1 unspecified atom stereocenters. The first-order chi connectivity index (χ1) is 7.68. The fourth-order valence-corrected chi connectivity index (χ4v) is 1.83. The lowest BCUT2D eigenvalue weighted by molar-refractivity contribution is 0.573. The third-order valence-electron chi connectivity index (χ3n) is 2.33. The zero-order valence-corrected chi connectivity index (χ0v) is 9.09. The van der Waals surface area contributed by atoms with Crippen molar-refractivity contribution in [3.8, 4) is 0 Å². The van der Waals surface area contributed by atoms with Crippen molar-refractivity contribution < 1.29 is 8.78 Å². The van der Waals surface area contributed by atoms with Crippen molar-refractivity contribution in [3.63, 3.8) is 0 Å². The van der Waals surface area contributed by atoms with Crippen molar-refractivity contribution in [1.29, 1.82) is 0 Å². The van der Waals surface area contributed by atoms with Gasteiger partial charge in [-0.1, -0.05) is 36.4 Å². The summed E-state index contributed by atoms with van der Waals surface area (Å²) in [5.74, 6) is -1.22. The molecular weight excluding hydrogens is 230 g/mol. The van der Waals surface area contributed by atoms with E-state index in [1.54, 1.807) is 12.1 Å². The Morgan fingerprint density at radius 3 is 2.25 bits per heavy atom. The zero-order chi connectivity index (χ0) is 11.5. The second-order valence-corrected chi connectivity index (χ2v) is 3.88. The van der Waals surface area contributed by atoms with Gasteiger partial charge in [0.15, 0.2) is 0 Å². The fraction of sp³-hybridized carbons (Fsp3) is 0.0769. The van der Waals surface area contributed by atoms with Crippen molar-refractivity contribution in [2.45, 2.75) is 5.38 Å². The minimum atomic E-state index is -0.621. The number of hydrogen-bond acceptors (Lipinski definition) is 0. The average molecular weight is 239 g/mol. The average Bonchev–Trinajstić information content (AvgIpc) is 2.29. The normalized spacial score (nSPS) is 12.4. The maximum absolute atomic E-state index is 13.5. The first kappa shape index (κ1) is 11.1. The van der Waals surface area contributed by atoms with Crippen LogP contribution in [0.25, 0.3) is 0 Å². The van der Waals surface area contributed by atoms with Crippen LogP contribution in [0.3, 0.4) is 0 Å². The molecule has 0 aliphatic rings. The third-order valence-corrected chi connectivity index (χ3v) is 2.81. The molecule has 2 aromatic carbocycles. The van der Waals surface area contributed by atoms with Gasteiger partial charge < -0.3 is 0 Å². The molecule has 3 heteroatoms. The number of hydrogen-bond donors (Lipinski definition) is 0. The molecular formula is C13H9ClF2. The molecule has 0 radical (unpaired) electrons. The molecule has 0 aromatic heterocycles. The maximum Gasteiger partial charge on any atom is 0.131 e. The Balaban J connectivity index is 2.38. The van der Waals surface area contributed by atoms with E-state index in [1.807, 2.05) is 18.2 Å². The molecule has 1 atom stereocenters. The van der Waals surface area contributed by atoms with E-state index in [9.17, 15) is 8.78 Å². The standard InChI is InChI=1S/C13H9ClF2/c14-13(9-4-2-1-3-5-9)11-7-6-10(15)8-12(11)16/h1-8,13H. The highest BCUT2D eigenvalue weighted by atomic mass is 35.5. The summed E-state index contributed by atoms with van der Waals surface area (Å²) in [7, 11) is 0. The largest absolute Gasteiger partial charge is 0.207 e. The van der Waals surface area contributed by atoms with E-state index in [0.29, 0.717) is 0 Å². The number of rotatable bonds is 2. The molecule has 2 aromatic rings. The summed E-state index contributed by atoms with van der Waals surface area (Å²) in [6.45, 7) is 0. The predicted octanol–water partition coefficient (Wildman–Crippen LogP) is 4.29. The topological polar surface area (TPSA) is 0 Å². The van der Waals surface area contributed by atoms with E-state index in [4.69, 9.17) is 11.6 Å². The molecule has 0 aliphatic heterocycles. The summed E-state index contributed by atoms with van der Waals surface area (Å²) < 4.78 is 26.2. The van der Waals surface area contributed by atoms with Gasteiger partial charge in [0, 0.05) is 11.6 Å². The van der Waals surface area contributed by atoms with E-state index in [0.717, 1.165) is 11.6 Å². The van der Waals surface area contributed by atoms with E-state index in [-0.39, 0.29) is 5.56 Å². The molecule has 0 saturated heterocycles. The molecule has 0 amide bonds. The number of benzene rings is 2. The smallest absolute Gasteiger partial charge is 0.131 e. The zero-order valence-electron chi connectivity index (χ0n) is 8.33. The molecule has 0 nitrogen and oxygen atoms in total. The highest BCUT2D eigenvalue weighted by Gasteiger charge is 2.15. The first-order valence-corrected chi connectivity index (χ1v) is 5.26. The molecule has 0 saturated carbocycles. The van der Waals surface area contributed by atoms with Gasteiger partial charge in [0.25, 0.3) is 0 Å². The predicted molar refractivity (Wildman–Crippen MR) is 60.5 cm³/mol. The van der Waals surface area contributed by atoms with E-state index in [2.05, 4.69) is 0 Å². The first-order valence-electron chi connectivity index (χ1n) is 4.82. The summed E-state index contributed by atoms with van der Waals surface area (Å²) in [6.07, 6.45) is 0. The van der Waals surface area contributed by atoms with Crippen LogP contribution in [0.2, 0.25) is 0 Å². The Bertz CT molecular complexity index is 483. The van der Waals surface area contributed by atoms with Crippen molar-refractivity contribution in [2.24, 2.45) is 0 Å². The van der Waals surface area contributed by atoms with Gasteiger partial charge in [-0.3, -0.25) is 0 Å². The molecule has 16 heavy (non-hydrogen) atoms. The highest BCUT2D eigenvalue weighted by molar-refractivity contribution is 6.22. The van der Waals surface area contributed by atoms with Crippen LogP contribution in [-0.4, -0.2) is 0 Å². The van der Waals surface area contributed by atoms with Gasteiger partial charge >= 0.3 is 0 Å². The molecule has 82 valence electrons. The fourth-order valence-electron chi connectivity index (χ4n) is 1.51. The van der Waals surface area contributed by atoms with Crippen molar-refractivity contribution >= 4 is 11.6 Å². The van der Waals surface area contributed by atoms with Crippen LogP contribution in [0, 0.1) is 11.6 Å². The molecule has 0 N–H and O–H groups in total. The summed E-state index contributed by atoms with van der Waals surface area (Å²) in [6, 6.07) is 12.5. The van der Waals surface area contributed by atoms with Crippen LogP contribution in [0.5, 0.6) is 0 Å². The van der Waals surface area contributed by atoms with Crippen LogP contribution in [0.1, 0.15) is 16.5 Å². The van der Waals surface area contributed by atoms with Crippen LogP contribution >= 0.6 is 11.6 Å². The van der Waals surface area contributed by atoms with Gasteiger partial charge in [0.1, 0.15) is 11.6 Å². The number of alkyl halides is 1. The lowest BCUT2D eigenvalue weighted by Gasteiger charge is -2.11. The summed E-state index contributed by atoms with van der Waals surface area (Å²) in [5.41, 5.74) is 1.07. The van der Waals surface area contributed by atoms with Crippen LogP contribution in [0.4, 0.5) is 8.78 Å². The third kappa shape index (κ3) is 2.22. The minimum Gasteiger partial charge on any atom is -0.207 e. The quantitative estimate of drug-likeness (QED) is 0.685. The Morgan fingerprint density at radius 1 is 0.938 bits per heavy atom. The van der Waals surface area contributed by atoms with E-state index < -0.39 is 17.0 Å². The molecule has 0 bridgehead atoms. The highest BCUT2D eigenvalue weighted by Crippen LogP contribution is 2.30. The Labute approximate surface area is 97.5 Å². The summed E-state index contributed by atoms with van der Waals surface area (Å²) in [4.78, 5) is 0. The number of halogens is 3. The van der Waals surface area contributed by atoms with Crippen LogP contribution < -0.4 is 0 Å². The van der Waals surface area contributed by atoms with Gasteiger partial charge in [0.05, 0.1) is 5.38 Å². The van der Waals surface area contributed by atoms with Gasteiger partial charge in [-0.05, 0) is 11.6 Å². The Morgan fingerprint density at radius 2 is 1.62 bits per heavy atom.